The van der Waals surface area contributed by atoms with Gasteiger partial charge in [0.25, 0.3) is 0 Å². The molecule has 4 aliphatic heterocycles. The minimum Gasteiger partial charge on any atom is -0.467 e. The number of thiophene rings is 1. The van der Waals surface area contributed by atoms with Crippen LogP contribution in [0.2, 0.25) is 5.02 Å². The van der Waals surface area contributed by atoms with Crippen LogP contribution in [0.25, 0.3) is 89.0 Å². The highest BCUT2D eigenvalue weighted by Crippen LogP contribution is 2.48. The van der Waals surface area contributed by atoms with E-state index in [9.17, 15) is 0 Å². The number of ether oxygens (including phenoxy) is 6. The number of morpholine rings is 4. The Labute approximate surface area is 795 Å². The molecular formula is C106H123ClN20O6S. The summed E-state index contributed by atoms with van der Waals surface area (Å²) in [6, 6.07) is 42.0. The summed E-state index contributed by atoms with van der Waals surface area (Å²) in [5.41, 5.74) is 28.6. The molecule has 134 heavy (non-hydrogen) atoms. The second-order valence-electron chi connectivity index (χ2n) is 37.8. The zero-order valence-electron chi connectivity index (χ0n) is 77.3. The quantitative estimate of drug-likeness (QED) is 0.0552. The third-order valence-corrected chi connectivity index (χ3v) is 30.8. The van der Waals surface area contributed by atoms with Crippen LogP contribution in [-0.2, 0) is 49.4 Å². The Morgan fingerprint density at radius 3 is 1.04 bits per heavy atom. The smallest absolute Gasteiger partial charge is 0.316 e. The van der Waals surface area contributed by atoms with E-state index in [0.29, 0.717) is 61.0 Å². The number of aromatic nitrogens is 12. The largest absolute Gasteiger partial charge is 0.467 e. The van der Waals surface area contributed by atoms with Gasteiger partial charge in [-0.3, -0.25) is 19.6 Å². The summed E-state index contributed by atoms with van der Waals surface area (Å²) in [7, 11) is 1.57. The number of fused-ring (bicyclic) bond motifs is 12. The van der Waals surface area contributed by atoms with Crippen molar-refractivity contribution in [2.45, 2.75) is 197 Å². The molecule has 1 atom stereocenters. The van der Waals surface area contributed by atoms with Crippen molar-refractivity contribution in [3.63, 3.8) is 0 Å². The third-order valence-electron chi connectivity index (χ3n) is 29.9. The van der Waals surface area contributed by atoms with Crippen molar-refractivity contribution in [2.75, 3.05) is 140 Å². The molecule has 28 heteroatoms. The Kier molecular flexibility index (Phi) is 28.1. The second-order valence-corrected chi connectivity index (χ2v) is 39.0. The Morgan fingerprint density at radius 2 is 0.716 bits per heavy atom. The Balaban J connectivity index is 0.000000107. The fourth-order valence-corrected chi connectivity index (χ4v) is 23.5. The van der Waals surface area contributed by atoms with Gasteiger partial charge in [-0.15, -0.1) is 0 Å². The van der Waals surface area contributed by atoms with Gasteiger partial charge in [0.15, 0.2) is 0 Å². The topological polar surface area (TPSA) is 263 Å². The van der Waals surface area contributed by atoms with E-state index in [0.717, 1.165) is 228 Å². The average Bonchev–Trinajstić information content (AvgIpc) is 1.63. The number of hydrogen-bond acceptors (Lipinski definition) is 26. The lowest BCUT2D eigenvalue weighted by Crippen LogP contribution is -2.46. The van der Waals surface area contributed by atoms with Gasteiger partial charge in [0, 0.05) is 190 Å². The Morgan fingerprint density at radius 1 is 0.381 bits per heavy atom. The lowest BCUT2D eigenvalue weighted by molar-refractivity contribution is 0.00788. The van der Waals surface area contributed by atoms with E-state index in [4.69, 9.17) is 55.0 Å². The molecule has 11 heterocycles. The van der Waals surface area contributed by atoms with Gasteiger partial charge in [-0.05, 0) is 248 Å². The van der Waals surface area contributed by atoms with Crippen LogP contribution in [0.3, 0.4) is 0 Å². The number of hydrogen-bond donors (Lipinski definition) is 4. The van der Waals surface area contributed by atoms with Crippen LogP contribution < -0.4 is 26.0 Å². The molecule has 12 aliphatic rings. The summed E-state index contributed by atoms with van der Waals surface area (Å²) in [5, 5.41) is 24.8. The first-order valence-electron chi connectivity index (χ1n) is 49.1. The number of anilines is 4. The van der Waals surface area contributed by atoms with Crippen LogP contribution in [0, 0.1) is 0 Å². The van der Waals surface area contributed by atoms with Crippen molar-refractivity contribution >= 4 is 46.2 Å². The zero-order chi connectivity index (χ0) is 90.2. The summed E-state index contributed by atoms with van der Waals surface area (Å²) in [5.74, 6) is 3.94. The van der Waals surface area contributed by atoms with E-state index >= 15 is 0 Å². The molecule has 7 aromatic heterocycles. The highest BCUT2D eigenvalue weighted by Gasteiger charge is 2.37. The van der Waals surface area contributed by atoms with E-state index in [-0.39, 0.29) is 6.23 Å². The van der Waals surface area contributed by atoms with E-state index in [1.165, 1.54) is 168 Å². The van der Waals surface area contributed by atoms with Crippen LogP contribution in [0.15, 0.2) is 164 Å². The van der Waals surface area contributed by atoms with Crippen molar-refractivity contribution in [3.05, 3.63) is 214 Å². The van der Waals surface area contributed by atoms with Gasteiger partial charge in [-0.25, -0.2) is 54.5 Å². The molecule has 8 fully saturated rings. The van der Waals surface area contributed by atoms with Crippen LogP contribution in [0.1, 0.15) is 168 Å². The monoisotopic (exact) mass is 1840 g/mol. The van der Waals surface area contributed by atoms with Crippen LogP contribution >= 0.6 is 22.9 Å². The van der Waals surface area contributed by atoms with Gasteiger partial charge in [0.1, 0.15) is 54.8 Å². The fraction of sp³-hybridized carbons (Fsp3) is 0.462. The van der Waals surface area contributed by atoms with E-state index < -0.39 is 0 Å². The summed E-state index contributed by atoms with van der Waals surface area (Å²) in [4.78, 5) is 56.3. The van der Waals surface area contributed by atoms with Gasteiger partial charge < -0.3 is 49.7 Å². The molecule has 0 spiro atoms. The van der Waals surface area contributed by atoms with Gasteiger partial charge in [0.05, 0.1) is 88.9 Å². The lowest BCUT2D eigenvalue weighted by atomic mass is 9.89. The molecule has 696 valence electrons. The average molecular weight is 1840 g/mol. The van der Waals surface area contributed by atoms with Gasteiger partial charge in [-0.2, -0.15) is 16.4 Å². The lowest BCUT2D eigenvalue weighted by Gasteiger charge is -2.39. The van der Waals surface area contributed by atoms with E-state index in [1.807, 2.05) is 42.9 Å². The minimum atomic E-state index is -0.0820. The fourth-order valence-electron chi connectivity index (χ4n) is 22.6. The van der Waals surface area contributed by atoms with Gasteiger partial charge in [-0.1, -0.05) is 72.3 Å². The molecule has 0 radical (unpaired) electrons. The molecule has 1 unspecified atom stereocenters. The first-order valence-corrected chi connectivity index (χ1v) is 50.4. The Bertz CT molecular complexity index is 6010. The van der Waals surface area contributed by atoms with Crippen LogP contribution in [0.4, 0.5) is 23.3 Å². The first-order chi connectivity index (χ1) is 66.1. The molecule has 26 nitrogen and oxygen atoms in total. The number of nitrogens with one attached hydrogen (secondary N) is 4. The summed E-state index contributed by atoms with van der Waals surface area (Å²) >= 11 is 7.99. The van der Waals surface area contributed by atoms with E-state index in [1.54, 1.807) is 56.1 Å². The number of halogens is 1. The molecule has 4 saturated carbocycles. The maximum atomic E-state index is 6.25. The molecule has 24 rings (SSSR count). The summed E-state index contributed by atoms with van der Waals surface area (Å²) < 4.78 is 34.8. The maximum Gasteiger partial charge on any atom is 0.316 e. The Hall–Kier alpha value is -10.7. The van der Waals surface area contributed by atoms with E-state index in [2.05, 4.69) is 183 Å². The summed E-state index contributed by atoms with van der Waals surface area (Å²) in [6.45, 7) is 20.3. The third kappa shape index (κ3) is 20.3. The molecule has 8 aliphatic carbocycles. The van der Waals surface area contributed by atoms with Crippen molar-refractivity contribution in [2.24, 2.45) is 0 Å². The second kappa shape index (κ2) is 41.9. The van der Waals surface area contributed by atoms with Gasteiger partial charge >= 0.3 is 6.01 Å². The van der Waals surface area contributed by atoms with Crippen LogP contribution in [0.5, 0.6) is 6.01 Å². The number of methoxy groups -OCH3 is 1. The number of nitrogens with zero attached hydrogens (tertiary/aromatic N) is 16. The van der Waals surface area contributed by atoms with Crippen molar-refractivity contribution in [1.29, 1.82) is 0 Å². The molecule has 4 saturated heterocycles. The molecule has 0 amide bonds. The highest BCUT2D eigenvalue weighted by atomic mass is 35.5. The summed E-state index contributed by atoms with van der Waals surface area (Å²) in [6.07, 6.45) is 37.1. The highest BCUT2D eigenvalue weighted by molar-refractivity contribution is 7.08. The van der Waals surface area contributed by atoms with Crippen molar-refractivity contribution < 1.29 is 28.4 Å². The predicted molar refractivity (Wildman–Crippen MR) is 528 cm³/mol. The standard InChI is InChI=1S/C28H36N6O2.C27H29ClN4O.C26H30N6O2.C25H28N4OS/c1-3-36-19(2)34-17-22(16-31-34)20-4-5-21-15-26-27(25(21)14-20)28(30-18-29-26)32-23-6-8-24(9-7-23)33-10-12-35-13-11-33;28-21-3-1-2-18(14-21)19-4-5-20-16-25-26(24(20)15-19)27(30-17-29-25)31-22-6-8-23(9-7-22)32-10-12-33-13-11-32;1-33-26-27-14-19(15-28-26)17-2-3-18-13-23-24(22(18)12-17)25(30-16-29-23)31-20-4-6-21(7-5-20)32-8-10-34-11-9-32;1-2-18-14-23-24(22(18)13-17(1)19-7-12-31-15-19)25(27-16-26-23)28-20-3-5-21(6-4-20)29-8-10-30-11-9-29/h4-5,14,16-19,23-24H,3,6-13,15H2,1-2H3,(H,29,30,32);1-5,14-15,17,22-23H,6-13,16H2,(H,29,30,31);2-3,12,14-16,20-21H,4-11,13H2,1H3,(H,29,30,31);1-2,7,12-13,15-16,20-21H,3-6,8-11,14H2,(H,26,27,28). The maximum absolute atomic E-state index is 6.25. The normalized spacial score (nSPS) is 22.7. The van der Waals surface area contributed by atoms with Gasteiger partial charge in [0.2, 0.25) is 0 Å². The van der Waals surface area contributed by atoms with Crippen molar-refractivity contribution in [1.82, 2.24) is 79.2 Å². The SMILES string of the molecule is CCOC(C)n1cc(-c2ccc3c(c2)-c2c(ncnc2NC2CCC(N4CCOCC4)CC2)C3)cn1.COc1ncc(-c2ccc3c(c2)-c2c(ncnc2NC2CCC(N4CCOCC4)CC2)C3)cn1.Clc1cccc(-c2ccc3c(c2)-c2c(ncnc2NC2CCC(N4CCOCC4)CC2)C3)c1.c1nc2c(c(NC3CCC(N4CCOCC4)CC3)n1)-c1cc(-c3ccsc3)ccc1C2. The minimum absolute atomic E-state index is 0.0820. The number of benzene rings is 5. The molecule has 12 aromatic rings. The molecule has 4 N–H and O–H groups in total. The van der Waals surface area contributed by atoms with Crippen LogP contribution in [-0.4, -0.2) is 246 Å². The number of rotatable bonds is 20. The molecular weight excluding hydrogens is 1720 g/mol. The first kappa shape index (κ1) is 89.8. The van der Waals surface area contributed by atoms with Crippen molar-refractivity contribution in [3.8, 4) is 95.0 Å². The zero-order valence-corrected chi connectivity index (χ0v) is 78.9. The molecule has 5 aromatic carbocycles. The molecule has 0 bridgehead atoms. The predicted octanol–water partition coefficient (Wildman–Crippen LogP) is 18.3.